The summed E-state index contributed by atoms with van der Waals surface area (Å²) in [5.41, 5.74) is 0.781. The molecule has 0 saturated heterocycles. The van der Waals surface area contributed by atoms with Crippen LogP contribution in [0.2, 0.25) is 0 Å². The topological polar surface area (TPSA) is 89.3 Å². The normalized spacial score (nSPS) is 14.9. The van der Waals surface area contributed by atoms with E-state index in [0.29, 0.717) is 36.5 Å². The molecule has 1 fully saturated rings. The van der Waals surface area contributed by atoms with Gasteiger partial charge in [0, 0.05) is 19.0 Å². The van der Waals surface area contributed by atoms with Gasteiger partial charge in [-0.2, -0.15) is 4.98 Å². The molecule has 0 atom stereocenters. The monoisotopic (exact) mass is 344 g/mol. The van der Waals surface area contributed by atoms with E-state index in [1.807, 2.05) is 24.3 Å². The Kier molecular flexibility index (Phi) is 5.87. The van der Waals surface area contributed by atoms with Gasteiger partial charge in [0.1, 0.15) is 5.75 Å². The van der Waals surface area contributed by atoms with E-state index in [9.17, 15) is 4.79 Å². The van der Waals surface area contributed by atoms with Crippen molar-refractivity contribution in [3.05, 3.63) is 30.2 Å². The van der Waals surface area contributed by atoms with Crippen molar-refractivity contribution in [2.24, 2.45) is 0 Å². The van der Waals surface area contributed by atoms with Gasteiger partial charge in [-0.25, -0.2) is 4.79 Å². The number of hydrogen-bond donors (Lipinski definition) is 2. The lowest BCUT2D eigenvalue weighted by Crippen LogP contribution is -2.43. The predicted molar refractivity (Wildman–Crippen MR) is 93.4 cm³/mol. The van der Waals surface area contributed by atoms with Gasteiger partial charge in [-0.15, -0.1) is 0 Å². The van der Waals surface area contributed by atoms with Crippen molar-refractivity contribution in [2.75, 3.05) is 13.7 Å². The molecule has 25 heavy (non-hydrogen) atoms. The van der Waals surface area contributed by atoms with Gasteiger partial charge in [-0.05, 0) is 25.0 Å². The van der Waals surface area contributed by atoms with Crippen LogP contribution >= 0.6 is 0 Å². The van der Waals surface area contributed by atoms with E-state index in [2.05, 4.69) is 20.8 Å². The maximum Gasteiger partial charge on any atom is 0.315 e. The second kappa shape index (κ2) is 8.50. The van der Waals surface area contributed by atoms with Crippen LogP contribution in [0.25, 0.3) is 11.4 Å². The number of methoxy groups -OCH3 is 1. The SMILES string of the molecule is COc1ccccc1-c1noc(CCNC(=O)NC2CCCCC2)n1. The van der Waals surface area contributed by atoms with Crippen molar-refractivity contribution in [3.8, 4) is 17.1 Å². The molecule has 1 aliphatic rings. The third-order valence-electron chi connectivity index (χ3n) is 4.38. The number of carbonyl (C=O) groups excluding carboxylic acids is 1. The first-order valence-corrected chi connectivity index (χ1v) is 8.76. The van der Waals surface area contributed by atoms with Crippen LogP contribution in [0, 0.1) is 0 Å². The van der Waals surface area contributed by atoms with Crippen LogP contribution in [-0.2, 0) is 6.42 Å². The number of carbonyl (C=O) groups is 1. The molecule has 1 aromatic carbocycles. The summed E-state index contributed by atoms with van der Waals surface area (Å²) >= 11 is 0. The van der Waals surface area contributed by atoms with Crippen LogP contribution in [0.3, 0.4) is 0 Å². The Balaban J connectivity index is 1.48. The smallest absolute Gasteiger partial charge is 0.315 e. The first kappa shape index (κ1) is 17.3. The molecule has 2 aromatic rings. The number of nitrogens with one attached hydrogen (secondary N) is 2. The molecule has 3 rings (SSSR count). The van der Waals surface area contributed by atoms with Crippen LogP contribution in [0.1, 0.15) is 38.0 Å². The van der Waals surface area contributed by atoms with Crippen LogP contribution in [-0.4, -0.2) is 35.9 Å². The van der Waals surface area contributed by atoms with Crippen molar-refractivity contribution in [1.29, 1.82) is 0 Å². The van der Waals surface area contributed by atoms with Gasteiger partial charge in [0.25, 0.3) is 0 Å². The summed E-state index contributed by atoms with van der Waals surface area (Å²) in [5.74, 6) is 1.66. The first-order chi connectivity index (χ1) is 12.3. The van der Waals surface area contributed by atoms with Crippen LogP contribution in [0.4, 0.5) is 4.79 Å². The highest BCUT2D eigenvalue weighted by Crippen LogP contribution is 2.27. The Morgan fingerprint density at radius 1 is 1.28 bits per heavy atom. The van der Waals surface area contributed by atoms with Gasteiger partial charge in [-0.3, -0.25) is 0 Å². The zero-order chi connectivity index (χ0) is 17.5. The summed E-state index contributed by atoms with van der Waals surface area (Å²) in [4.78, 5) is 16.3. The third-order valence-corrected chi connectivity index (χ3v) is 4.38. The molecular weight excluding hydrogens is 320 g/mol. The molecule has 0 bridgehead atoms. The Morgan fingerprint density at radius 2 is 2.08 bits per heavy atom. The van der Waals surface area contributed by atoms with E-state index < -0.39 is 0 Å². The molecule has 2 amide bonds. The zero-order valence-corrected chi connectivity index (χ0v) is 14.5. The van der Waals surface area contributed by atoms with E-state index in [0.717, 1.165) is 18.4 Å². The van der Waals surface area contributed by atoms with Crippen LogP contribution in [0.15, 0.2) is 28.8 Å². The van der Waals surface area contributed by atoms with Gasteiger partial charge >= 0.3 is 6.03 Å². The van der Waals surface area contributed by atoms with Crippen LogP contribution in [0.5, 0.6) is 5.75 Å². The number of aromatic nitrogens is 2. The second-order valence-electron chi connectivity index (χ2n) is 6.20. The number of ether oxygens (including phenoxy) is 1. The number of urea groups is 1. The lowest BCUT2D eigenvalue weighted by Gasteiger charge is -2.22. The van der Waals surface area contributed by atoms with Crippen molar-refractivity contribution in [1.82, 2.24) is 20.8 Å². The molecule has 2 N–H and O–H groups in total. The molecular formula is C18H24N4O3. The largest absolute Gasteiger partial charge is 0.496 e. The van der Waals surface area contributed by atoms with Gasteiger partial charge in [0.2, 0.25) is 11.7 Å². The van der Waals surface area contributed by atoms with Crippen molar-refractivity contribution in [3.63, 3.8) is 0 Å². The van der Waals surface area contributed by atoms with Gasteiger partial charge in [0.05, 0.1) is 12.7 Å². The quantitative estimate of drug-likeness (QED) is 0.841. The van der Waals surface area contributed by atoms with Gasteiger partial charge in [0.15, 0.2) is 0 Å². The summed E-state index contributed by atoms with van der Waals surface area (Å²) < 4.78 is 10.6. The highest BCUT2D eigenvalue weighted by atomic mass is 16.5. The van der Waals surface area contributed by atoms with E-state index >= 15 is 0 Å². The number of para-hydroxylation sites is 1. The van der Waals surface area contributed by atoms with E-state index in [1.165, 1.54) is 19.3 Å². The molecule has 0 aliphatic heterocycles. The fraction of sp³-hybridized carbons (Fsp3) is 0.500. The fourth-order valence-corrected chi connectivity index (χ4v) is 3.06. The molecule has 1 heterocycles. The molecule has 7 heteroatoms. The molecule has 0 radical (unpaired) electrons. The van der Waals surface area contributed by atoms with Crippen molar-refractivity contribution >= 4 is 6.03 Å². The first-order valence-electron chi connectivity index (χ1n) is 8.76. The average molecular weight is 344 g/mol. The highest BCUT2D eigenvalue weighted by Gasteiger charge is 2.16. The Hall–Kier alpha value is -2.57. The Labute approximate surface area is 147 Å². The van der Waals surface area contributed by atoms with Gasteiger partial charge in [-0.1, -0.05) is 36.6 Å². The van der Waals surface area contributed by atoms with E-state index in [4.69, 9.17) is 9.26 Å². The van der Waals surface area contributed by atoms with Crippen molar-refractivity contribution in [2.45, 2.75) is 44.6 Å². The molecule has 0 spiro atoms. The lowest BCUT2D eigenvalue weighted by atomic mass is 9.96. The highest BCUT2D eigenvalue weighted by molar-refractivity contribution is 5.74. The fourth-order valence-electron chi connectivity index (χ4n) is 3.06. The summed E-state index contributed by atoms with van der Waals surface area (Å²) in [6.45, 7) is 0.451. The standard InChI is InChI=1S/C18H24N4O3/c1-24-15-10-6-5-9-14(15)17-21-16(25-22-17)11-12-19-18(23)20-13-7-3-2-4-8-13/h5-6,9-10,13H,2-4,7-8,11-12H2,1H3,(H2,19,20,23). The van der Waals surface area contributed by atoms with Crippen LogP contribution < -0.4 is 15.4 Å². The molecule has 0 unspecified atom stereocenters. The minimum atomic E-state index is -0.128. The average Bonchev–Trinajstić information content (AvgIpc) is 3.11. The zero-order valence-electron chi connectivity index (χ0n) is 14.5. The molecule has 1 aliphatic carbocycles. The molecule has 134 valence electrons. The predicted octanol–water partition coefficient (Wildman–Crippen LogP) is 2.92. The molecule has 1 aromatic heterocycles. The molecule has 1 saturated carbocycles. The third kappa shape index (κ3) is 4.71. The van der Waals surface area contributed by atoms with Gasteiger partial charge < -0.3 is 19.9 Å². The minimum absolute atomic E-state index is 0.128. The van der Waals surface area contributed by atoms with E-state index in [-0.39, 0.29) is 6.03 Å². The number of hydrogen-bond acceptors (Lipinski definition) is 5. The number of amides is 2. The summed E-state index contributed by atoms with van der Waals surface area (Å²) in [6, 6.07) is 7.68. The van der Waals surface area contributed by atoms with E-state index in [1.54, 1.807) is 7.11 Å². The number of rotatable bonds is 6. The maximum absolute atomic E-state index is 11.9. The minimum Gasteiger partial charge on any atom is -0.496 e. The number of benzene rings is 1. The lowest BCUT2D eigenvalue weighted by molar-refractivity contribution is 0.232. The Morgan fingerprint density at radius 3 is 2.88 bits per heavy atom. The summed E-state index contributed by atoms with van der Waals surface area (Å²) in [6.07, 6.45) is 6.28. The number of nitrogens with zero attached hydrogens (tertiary/aromatic N) is 2. The second-order valence-corrected chi connectivity index (χ2v) is 6.20. The van der Waals surface area contributed by atoms with Crippen molar-refractivity contribution < 1.29 is 14.1 Å². The Bertz CT molecular complexity index is 695. The summed E-state index contributed by atoms with van der Waals surface area (Å²) in [7, 11) is 1.61. The summed E-state index contributed by atoms with van der Waals surface area (Å²) in [5, 5.41) is 9.86. The maximum atomic E-state index is 11.9. The molecule has 7 nitrogen and oxygen atoms in total.